The number of aryl methyl sites for hydroxylation is 2. The molecule has 0 amide bonds. The number of halogens is 1. The van der Waals surface area contributed by atoms with Crippen molar-refractivity contribution in [3.05, 3.63) is 70.5 Å². The van der Waals surface area contributed by atoms with E-state index in [0.717, 1.165) is 17.5 Å². The third kappa shape index (κ3) is 3.02. The standard InChI is InChI=1S/C23H20FN5O/c1-4-13-6-5-7-15(22(13)26-2)23-17(11-28-29(23)3)14-8-16-19(10-25)27-12-20(30)21(16)18(24)9-14/h5-9,11H,4,10,12,25H2,1,3H3. The number of carbonyl (C=O) groups excluding carboxylic acids is 1. The van der Waals surface area contributed by atoms with Crippen LogP contribution < -0.4 is 5.73 Å². The molecular formula is C23H20FN5O. The van der Waals surface area contributed by atoms with Gasteiger partial charge in [0.15, 0.2) is 11.5 Å². The van der Waals surface area contributed by atoms with Gasteiger partial charge in [-0.2, -0.15) is 5.10 Å². The normalized spacial score (nSPS) is 13.0. The van der Waals surface area contributed by atoms with Gasteiger partial charge in [-0.05, 0) is 29.7 Å². The first-order chi connectivity index (χ1) is 14.5. The maximum Gasteiger partial charge on any atom is 0.199 e. The summed E-state index contributed by atoms with van der Waals surface area (Å²) in [6.45, 7) is 9.70. The predicted molar refractivity (Wildman–Crippen MR) is 114 cm³/mol. The van der Waals surface area contributed by atoms with Gasteiger partial charge in [-0.3, -0.25) is 14.5 Å². The fourth-order valence-corrected chi connectivity index (χ4v) is 3.95. The van der Waals surface area contributed by atoms with E-state index in [-0.39, 0.29) is 24.4 Å². The first kappa shape index (κ1) is 19.7. The lowest BCUT2D eigenvalue weighted by Gasteiger charge is -2.18. The first-order valence-electron chi connectivity index (χ1n) is 9.62. The van der Waals surface area contributed by atoms with Gasteiger partial charge < -0.3 is 5.73 Å². The number of benzene rings is 2. The van der Waals surface area contributed by atoms with Crippen LogP contribution in [0, 0.1) is 12.4 Å². The van der Waals surface area contributed by atoms with Crippen molar-refractivity contribution in [3.63, 3.8) is 0 Å². The number of rotatable bonds is 4. The molecule has 7 heteroatoms. The molecule has 2 aromatic carbocycles. The van der Waals surface area contributed by atoms with Crippen molar-refractivity contribution in [3.8, 4) is 22.4 Å². The van der Waals surface area contributed by atoms with Crippen molar-refractivity contribution in [2.45, 2.75) is 13.3 Å². The minimum Gasteiger partial charge on any atom is -0.325 e. The van der Waals surface area contributed by atoms with Crippen molar-refractivity contribution in [2.24, 2.45) is 17.8 Å². The van der Waals surface area contributed by atoms with E-state index < -0.39 is 5.82 Å². The fraction of sp³-hybridized carbons (Fsp3) is 0.217. The van der Waals surface area contributed by atoms with Crippen LogP contribution in [0.25, 0.3) is 27.2 Å². The van der Waals surface area contributed by atoms with Gasteiger partial charge in [0.05, 0.1) is 29.7 Å². The Kier molecular flexibility index (Phi) is 5.02. The second kappa shape index (κ2) is 7.65. The second-order valence-electron chi connectivity index (χ2n) is 7.08. The van der Waals surface area contributed by atoms with E-state index in [1.807, 2.05) is 25.1 Å². The maximum atomic E-state index is 15.0. The zero-order chi connectivity index (χ0) is 21.4. The van der Waals surface area contributed by atoms with Crippen molar-refractivity contribution in [2.75, 3.05) is 13.1 Å². The van der Waals surface area contributed by atoms with Crippen LogP contribution in [0.15, 0.2) is 41.5 Å². The molecule has 4 rings (SSSR count). The van der Waals surface area contributed by atoms with Gasteiger partial charge in [-0.15, -0.1) is 0 Å². The number of para-hydroxylation sites is 1. The molecule has 1 aliphatic heterocycles. The minimum atomic E-state index is -0.601. The van der Waals surface area contributed by atoms with E-state index in [0.29, 0.717) is 33.8 Å². The molecule has 2 N–H and O–H groups in total. The molecule has 30 heavy (non-hydrogen) atoms. The topological polar surface area (TPSA) is 77.6 Å². The van der Waals surface area contributed by atoms with E-state index >= 15 is 0 Å². The number of fused-ring (bicyclic) bond motifs is 1. The van der Waals surface area contributed by atoms with Gasteiger partial charge in [0, 0.05) is 30.3 Å². The van der Waals surface area contributed by atoms with Crippen molar-refractivity contribution < 1.29 is 9.18 Å². The Morgan fingerprint density at radius 1 is 1.27 bits per heavy atom. The summed E-state index contributed by atoms with van der Waals surface area (Å²) < 4.78 is 16.7. The van der Waals surface area contributed by atoms with E-state index in [1.54, 1.807) is 24.0 Å². The number of aromatic nitrogens is 2. The Morgan fingerprint density at radius 3 is 2.77 bits per heavy atom. The Hall–Kier alpha value is -3.63. The molecule has 0 unspecified atom stereocenters. The summed E-state index contributed by atoms with van der Waals surface area (Å²) in [7, 11) is 1.79. The largest absolute Gasteiger partial charge is 0.325 e. The molecule has 0 saturated heterocycles. The van der Waals surface area contributed by atoms with E-state index in [1.165, 1.54) is 6.07 Å². The smallest absolute Gasteiger partial charge is 0.199 e. The lowest BCUT2D eigenvalue weighted by molar-refractivity contribution is 0.0996. The third-order valence-electron chi connectivity index (χ3n) is 5.40. The van der Waals surface area contributed by atoms with E-state index in [9.17, 15) is 9.18 Å². The van der Waals surface area contributed by atoms with Crippen LogP contribution in [-0.4, -0.2) is 34.4 Å². The molecule has 6 nitrogen and oxygen atoms in total. The summed E-state index contributed by atoms with van der Waals surface area (Å²) in [5.41, 5.74) is 10.9. The number of nitrogens with two attached hydrogens (primary N) is 1. The Balaban J connectivity index is 1.97. The lowest BCUT2D eigenvalue weighted by Crippen LogP contribution is -2.26. The van der Waals surface area contributed by atoms with Gasteiger partial charge in [0.25, 0.3) is 0 Å². The Morgan fingerprint density at radius 2 is 2.07 bits per heavy atom. The summed E-state index contributed by atoms with van der Waals surface area (Å²) in [6, 6.07) is 8.80. The number of hydrogen-bond acceptors (Lipinski definition) is 4. The number of hydrogen-bond donors (Lipinski definition) is 1. The van der Waals surface area contributed by atoms with Crippen LogP contribution in [0.4, 0.5) is 10.1 Å². The van der Waals surface area contributed by atoms with Crippen LogP contribution in [0.3, 0.4) is 0 Å². The molecule has 0 atom stereocenters. The van der Waals surface area contributed by atoms with Crippen LogP contribution in [0.2, 0.25) is 0 Å². The number of ketones is 1. The molecule has 0 fully saturated rings. The second-order valence-corrected chi connectivity index (χ2v) is 7.08. The van der Waals surface area contributed by atoms with E-state index in [4.69, 9.17) is 12.3 Å². The molecule has 0 aliphatic carbocycles. The zero-order valence-corrected chi connectivity index (χ0v) is 16.7. The maximum absolute atomic E-state index is 15.0. The highest BCUT2D eigenvalue weighted by Crippen LogP contribution is 2.40. The highest BCUT2D eigenvalue weighted by Gasteiger charge is 2.26. The average molecular weight is 401 g/mol. The van der Waals surface area contributed by atoms with E-state index in [2.05, 4.69) is 14.9 Å². The molecule has 0 radical (unpaired) electrons. The Labute approximate surface area is 173 Å². The van der Waals surface area contributed by atoms with Gasteiger partial charge in [-0.25, -0.2) is 9.24 Å². The molecule has 3 aromatic rings. The van der Waals surface area contributed by atoms with Gasteiger partial charge in [0.1, 0.15) is 12.4 Å². The average Bonchev–Trinajstić information content (AvgIpc) is 3.14. The first-order valence-corrected chi connectivity index (χ1v) is 9.62. The molecular weight excluding hydrogens is 381 g/mol. The van der Waals surface area contributed by atoms with Gasteiger partial charge in [-0.1, -0.05) is 25.1 Å². The SMILES string of the molecule is [C-]#[N+]c1c(CC)cccc1-c1c(-c2cc(F)c3c(c2)C(CN)=NCC3=O)cnn1C. The van der Waals surface area contributed by atoms with Crippen molar-refractivity contribution in [1.82, 2.24) is 9.78 Å². The number of carbonyl (C=O) groups is 1. The molecule has 0 saturated carbocycles. The summed E-state index contributed by atoms with van der Waals surface area (Å²) >= 11 is 0. The third-order valence-corrected chi connectivity index (χ3v) is 5.40. The highest BCUT2D eigenvalue weighted by molar-refractivity contribution is 6.16. The molecule has 0 spiro atoms. The van der Waals surface area contributed by atoms with Crippen LogP contribution in [0.5, 0.6) is 0 Å². The summed E-state index contributed by atoms with van der Waals surface area (Å²) in [5.74, 6) is -0.959. The molecule has 1 aliphatic rings. The van der Waals surface area contributed by atoms with Crippen LogP contribution in [0.1, 0.15) is 28.4 Å². The zero-order valence-electron chi connectivity index (χ0n) is 16.7. The number of nitrogens with zero attached hydrogens (tertiary/aromatic N) is 4. The van der Waals surface area contributed by atoms with Crippen LogP contribution in [-0.2, 0) is 13.5 Å². The van der Waals surface area contributed by atoms with Crippen LogP contribution >= 0.6 is 0 Å². The number of aliphatic imine (C=N–C) groups is 1. The molecule has 1 aromatic heterocycles. The fourth-order valence-electron chi connectivity index (χ4n) is 3.95. The molecule has 0 bridgehead atoms. The summed E-state index contributed by atoms with van der Waals surface area (Å²) in [5, 5.41) is 4.37. The predicted octanol–water partition coefficient (Wildman–Crippen LogP) is 3.95. The monoisotopic (exact) mass is 401 g/mol. The minimum absolute atomic E-state index is 0.0365. The van der Waals surface area contributed by atoms with Gasteiger partial charge >= 0.3 is 0 Å². The lowest BCUT2D eigenvalue weighted by atomic mass is 9.90. The highest BCUT2D eigenvalue weighted by atomic mass is 19.1. The van der Waals surface area contributed by atoms with Crippen molar-refractivity contribution in [1.29, 1.82) is 0 Å². The number of Topliss-reactive ketones (excluding diaryl/α,β-unsaturated/α-hetero) is 1. The molecule has 2 heterocycles. The summed E-state index contributed by atoms with van der Waals surface area (Å²) in [6.07, 6.45) is 2.37. The van der Waals surface area contributed by atoms with Crippen molar-refractivity contribution >= 4 is 17.2 Å². The Bertz CT molecular complexity index is 1250. The van der Waals surface area contributed by atoms with Gasteiger partial charge in [0.2, 0.25) is 0 Å². The molecule has 150 valence electrons. The summed E-state index contributed by atoms with van der Waals surface area (Å²) in [4.78, 5) is 20.2. The quantitative estimate of drug-likeness (QED) is 0.673.